The van der Waals surface area contributed by atoms with Crippen LogP contribution in [0.4, 0.5) is 0 Å². The number of rotatable bonds is 5. The van der Waals surface area contributed by atoms with Crippen LogP contribution in [0.1, 0.15) is 22.9 Å². The van der Waals surface area contributed by atoms with Gasteiger partial charge in [-0.1, -0.05) is 158 Å². The Morgan fingerprint density at radius 2 is 1.18 bits per heavy atom. The molecule has 10 rings (SSSR count). The van der Waals surface area contributed by atoms with Crippen molar-refractivity contribution >= 4 is 55.0 Å². The number of pyridine rings is 1. The molecule has 4 nitrogen and oxygen atoms in total. The number of nitrogens with one attached hydrogen (secondary N) is 1. The van der Waals surface area contributed by atoms with E-state index in [1.807, 2.05) is 24.3 Å². The molecule has 0 amide bonds. The molecule has 0 aliphatic carbocycles. The second-order valence-corrected chi connectivity index (χ2v) is 13.0. The molecule has 1 unspecified atom stereocenters. The second kappa shape index (κ2) is 12.0. The molecule has 3 heterocycles. The number of hydrogen-bond donors (Lipinski definition) is 1. The van der Waals surface area contributed by atoms with E-state index in [0.29, 0.717) is 0 Å². The Hall–Kier alpha value is -6.78. The molecule has 7 aromatic carbocycles. The minimum Gasteiger partial charge on any atom is -0.454 e. The lowest BCUT2D eigenvalue weighted by Gasteiger charge is -2.25. The predicted molar refractivity (Wildman–Crippen MR) is 211 cm³/mol. The largest absolute Gasteiger partial charge is 0.454 e. The molecule has 0 radical (unpaired) electrons. The zero-order valence-corrected chi connectivity index (χ0v) is 27.6. The third-order valence-corrected chi connectivity index (χ3v) is 9.90. The number of aliphatic imine (C=N–C) groups is 1. The fraction of sp³-hybridized carbons (Fsp3) is 0.0213. The van der Waals surface area contributed by atoms with Crippen molar-refractivity contribution in [3.8, 4) is 22.4 Å². The molecule has 1 atom stereocenters. The van der Waals surface area contributed by atoms with Crippen LogP contribution in [0.3, 0.4) is 0 Å². The highest BCUT2D eigenvalue weighted by Crippen LogP contribution is 2.41. The SMILES string of the molecule is C1=C(c2ccc(-c3ccccc3)cc2)NC(c2ccccc2)N=C1c1cccc(-c2nc3c4ccccc4ccc3c3c2oc2ccccc23)c1. The van der Waals surface area contributed by atoms with Crippen molar-refractivity contribution in [2.75, 3.05) is 0 Å². The number of nitrogens with zero attached hydrogens (tertiary/aromatic N) is 2. The smallest absolute Gasteiger partial charge is 0.162 e. The van der Waals surface area contributed by atoms with Gasteiger partial charge in [-0.25, -0.2) is 4.98 Å². The molecule has 1 aliphatic rings. The van der Waals surface area contributed by atoms with Gasteiger partial charge >= 0.3 is 0 Å². The molecule has 2 aromatic heterocycles. The Morgan fingerprint density at radius 3 is 2.02 bits per heavy atom. The fourth-order valence-corrected chi connectivity index (χ4v) is 7.37. The number of benzene rings is 7. The Kier molecular flexibility index (Phi) is 6.85. The molecule has 51 heavy (non-hydrogen) atoms. The molecule has 0 spiro atoms. The highest BCUT2D eigenvalue weighted by molar-refractivity contribution is 6.25. The van der Waals surface area contributed by atoms with Gasteiger partial charge in [0.1, 0.15) is 17.4 Å². The van der Waals surface area contributed by atoms with E-state index in [1.165, 1.54) is 11.1 Å². The van der Waals surface area contributed by atoms with E-state index in [2.05, 4.69) is 157 Å². The fourth-order valence-electron chi connectivity index (χ4n) is 7.37. The summed E-state index contributed by atoms with van der Waals surface area (Å²) in [6, 6.07) is 59.3. The van der Waals surface area contributed by atoms with Crippen LogP contribution in [0.2, 0.25) is 0 Å². The van der Waals surface area contributed by atoms with Crippen molar-refractivity contribution in [2.45, 2.75) is 6.17 Å². The van der Waals surface area contributed by atoms with E-state index in [9.17, 15) is 0 Å². The van der Waals surface area contributed by atoms with Gasteiger partial charge in [0.15, 0.2) is 5.58 Å². The Morgan fingerprint density at radius 1 is 0.510 bits per heavy atom. The number of hydrogen-bond acceptors (Lipinski definition) is 4. The van der Waals surface area contributed by atoms with Crippen molar-refractivity contribution in [3.63, 3.8) is 0 Å². The lowest BCUT2D eigenvalue weighted by Crippen LogP contribution is -2.24. The molecule has 0 fully saturated rings. The van der Waals surface area contributed by atoms with Crippen molar-refractivity contribution in [1.29, 1.82) is 0 Å². The first-order valence-corrected chi connectivity index (χ1v) is 17.3. The molecule has 4 heteroatoms. The zero-order valence-electron chi connectivity index (χ0n) is 27.6. The molecule has 0 saturated carbocycles. The lowest BCUT2D eigenvalue weighted by molar-refractivity contribution is 0.664. The lowest BCUT2D eigenvalue weighted by atomic mass is 9.97. The Balaban J connectivity index is 1.13. The van der Waals surface area contributed by atoms with Gasteiger partial charge in [-0.15, -0.1) is 0 Å². The molecule has 1 N–H and O–H groups in total. The first kappa shape index (κ1) is 29.2. The number of fused-ring (bicyclic) bond motifs is 7. The van der Waals surface area contributed by atoms with Gasteiger partial charge in [0.05, 0.1) is 11.2 Å². The minimum absolute atomic E-state index is 0.245. The maximum absolute atomic E-state index is 6.62. The molecular formula is C47H31N3O. The summed E-state index contributed by atoms with van der Waals surface area (Å²) in [7, 11) is 0. The van der Waals surface area contributed by atoms with Crippen molar-refractivity contribution in [2.24, 2.45) is 4.99 Å². The van der Waals surface area contributed by atoms with Gasteiger partial charge < -0.3 is 9.73 Å². The van der Waals surface area contributed by atoms with E-state index in [1.54, 1.807) is 0 Å². The third kappa shape index (κ3) is 5.08. The first-order chi connectivity index (χ1) is 25.3. The summed E-state index contributed by atoms with van der Waals surface area (Å²) < 4.78 is 6.62. The molecule has 0 saturated heterocycles. The van der Waals surface area contributed by atoms with E-state index < -0.39 is 0 Å². The summed E-state index contributed by atoms with van der Waals surface area (Å²) in [5.41, 5.74) is 11.9. The van der Waals surface area contributed by atoms with Crippen LogP contribution in [0.15, 0.2) is 185 Å². The van der Waals surface area contributed by atoms with Crippen LogP contribution in [0.5, 0.6) is 0 Å². The quantitative estimate of drug-likeness (QED) is 0.188. The summed E-state index contributed by atoms with van der Waals surface area (Å²) in [5, 5.41) is 9.27. The number of para-hydroxylation sites is 1. The number of furan rings is 1. The summed E-state index contributed by atoms with van der Waals surface area (Å²) in [6.45, 7) is 0. The van der Waals surface area contributed by atoms with Gasteiger partial charge in [0, 0.05) is 38.4 Å². The van der Waals surface area contributed by atoms with Gasteiger partial charge in [-0.3, -0.25) is 4.99 Å². The van der Waals surface area contributed by atoms with Crippen LogP contribution in [-0.2, 0) is 0 Å². The van der Waals surface area contributed by atoms with Crippen molar-refractivity contribution in [3.05, 3.63) is 193 Å². The molecule has 1 aliphatic heterocycles. The van der Waals surface area contributed by atoms with Gasteiger partial charge in [0.25, 0.3) is 0 Å². The minimum atomic E-state index is -0.245. The Bertz CT molecular complexity index is 2820. The zero-order chi connectivity index (χ0) is 33.7. The standard InChI is InChI=1S/C47H31N3O/c1-3-12-30(13-4-1)31-22-24-33(25-23-31)40-29-41(49-47(48-40)34-15-5-2-6-16-34)35-17-11-18-36(28-35)44-46-43(38-20-9-10-21-42(38)51-46)39-27-26-32-14-7-8-19-37(32)45(39)50-44/h1-29,47-48H. The van der Waals surface area contributed by atoms with E-state index in [4.69, 9.17) is 14.4 Å². The Labute approximate surface area is 295 Å². The van der Waals surface area contributed by atoms with Crippen LogP contribution in [0, 0.1) is 0 Å². The summed E-state index contributed by atoms with van der Waals surface area (Å²) >= 11 is 0. The van der Waals surface area contributed by atoms with Gasteiger partial charge in [0.2, 0.25) is 0 Å². The van der Waals surface area contributed by atoms with E-state index >= 15 is 0 Å². The van der Waals surface area contributed by atoms with Crippen LogP contribution >= 0.6 is 0 Å². The normalized spacial score (nSPS) is 14.5. The van der Waals surface area contributed by atoms with Gasteiger partial charge in [-0.2, -0.15) is 0 Å². The van der Waals surface area contributed by atoms with E-state index in [-0.39, 0.29) is 6.17 Å². The van der Waals surface area contributed by atoms with Crippen molar-refractivity contribution < 1.29 is 4.42 Å². The highest BCUT2D eigenvalue weighted by atomic mass is 16.3. The van der Waals surface area contributed by atoms with Crippen molar-refractivity contribution in [1.82, 2.24) is 10.3 Å². The summed E-state index contributed by atoms with van der Waals surface area (Å²) in [5.74, 6) is 0. The average molecular weight is 654 g/mol. The third-order valence-electron chi connectivity index (χ3n) is 9.90. The summed E-state index contributed by atoms with van der Waals surface area (Å²) in [4.78, 5) is 10.7. The maximum atomic E-state index is 6.62. The molecule has 0 bridgehead atoms. The predicted octanol–water partition coefficient (Wildman–Crippen LogP) is 11.8. The molecule has 9 aromatic rings. The second-order valence-electron chi connectivity index (χ2n) is 13.0. The summed E-state index contributed by atoms with van der Waals surface area (Å²) in [6.07, 6.45) is 1.92. The van der Waals surface area contributed by atoms with Crippen LogP contribution < -0.4 is 5.32 Å². The van der Waals surface area contributed by atoms with Gasteiger partial charge in [-0.05, 0) is 45.8 Å². The first-order valence-electron chi connectivity index (χ1n) is 17.3. The molecule has 240 valence electrons. The highest BCUT2D eigenvalue weighted by Gasteiger charge is 2.22. The maximum Gasteiger partial charge on any atom is 0.162 e. The number of aromatic nitrogens is 1. The monoisotopic (exact) mass is 653 g/mol. The topological polar surface area (TPSA) is 50.4 Å². The molecular weight excluding hydrogens is 623 g/mol. The van der Waals surface area contributed by atoms with E-state index in [0.717, 1.165) is 83.0 Å². The van der Waals surface area contributed by atoms with Crippen LogP contribution in [0.25, 0.3) is 71.7 Å². The van der Waals surface area contributed by atoms with Crippen LogP contribution in [-0.4, -0.2) is 10.7 Å². The number of allylic oxidation sites excluding steroid dienone is 1. The average Bonchev–Trinajstić information content (AvgIpc) is 3.61.